The van der Waals surface area contributed by atoms with Crippen molar-refractivity contribution in [3.05, 3.63) is 64.7 Å². The molecule has 0 aromatic heterocycles. The summed E-state index contributed by atoms with van der Waals surface area (Å²) in [4.78, 5) is 37.7. The van der Waals surface area contributed by atoms with Crippen molar-refractivity contribution in [1.29, 1.82) is 0 Å². The lowest BCUT2D eigenvalue weighted by Gasteiger charge is -2.26. The number of benzene rings is 2. The van der Waals surface area contributed by atoms with Crippen LogP contribution in [0.15, 0.2) is 53.6 Å². The van der Waals surface area contributed by atoms with Crippen LogP contribution in [-0.2, 0) is 25.3 Å². The number of carbonyl (C=O) groups excluding carboxylic acids is 3. The zero-order valence-corrected chi connectivity index (χ0v) is 20.6. The number of alkyl halides is 6. The lowest BCUT2D eigenvalue weighted by atomic mass is 9.82. The van der Waals surface area contributed by atoms with E-state index in [1.807, 2.05) is 0 Å². The SMILES string of the molecule is CCOC(=O)C1(C)CN(CC(=O)N(C(=O)C(F)(F)F)c2ccc(C(F)(F)F)cc2)N=C1c1ccc(Cl)cc1. The van der Waals surface area contributed by atoms with Crippen molar-refractivity contribution >= 4 is 40.8 Å². The predicted molar refractivity (Wildman–Crippen MR) is 124 cm³/mol. The van der Waals surface area contributed by atoms with E-state index in [-0.39, 0.29) is 23.8 Å². The zero-order chi connectivity index (χ0) is 28.5. The molecule has 38 heavy (non-hydrogen) atoms. The van der Waals surface area contributed by atoms with Gasteiger partial charge in [-0.3, -0.25) is 19.4 Å². The lowest BCUT2D eigenvalue weighted by molar-refractivity contribution is -0.171. The molecule has 1 atom stereocenters. The molecule has 1 aliphatic heterocycles. The molecule has 2 aromatic carbocycles. The van der Waals surface area contributed by atoms with Gasteiger partial charge in [0.05, 0.1) is 30.1 Å². The Morgan fingerprint density at radius 2 is 1.61 bits per heavy atom. The van der Waals surface area contributed by atoms with E-state index in [0.29, 0.717) is 34.9 Å². The molecule has 0 aliphatic carbocycles. The molecular formula is C24H20ClF6N3O4. The molecule has 1 heterocycles. The van der Waals surface area contributed by atoms with Gasteiger partial charge in [0.25, 0.3) is 5.91 Å². The number of amides is 2. The topological polar surface area (TPSA) is 79.3 Å². The third-order valence-electron chi connectivity index (χ3n) is 5.57. The minimum atomic E-state index is -5.51. The van der Waals surface area contributed by atoms with Crippen molar-refractivity contribution in [2.75, 3.05) is 24.6 Å². The molecule has 1 unspecified atom stereocenters. The summed E-state index contributed by atoms with van der Waals surface area (Å²) in [5.74, 6) is -4.74. The minimum Gasteiger partial charge on any atom is -0.465 e. The largest absolute Gasteiger partial charge is 0.472 e. The molecule has 0 N–H and O–H groups in total. The number of imide groups is 1. The Hall–Kier alpha value is -3.61. The Kier molecular flexibility index (Phi) is 8.10. The van der Waals surface area contributed by atoms with E-state index in [2.05, 4.69) is 5.10 Å². The predicted octanol–water partition coefficient (Wildman–Crippen LogP) is 5.07. The molecule has 0 spiro atoms. The molecule has 0 fully saturated rings. The number of hydrogen-bond acceptors (Lipinski definition) is 6. The second kappa shape index (κ2) is 10.6. The maximum absolute atomic E-state index is 13.3. The highest BCUT2D eigenvalue weighted by Gasteiger charge is 2.49. The van der Waals surface area contributed by atoms with E-state index in [4.69, 9.17) is 16.3 Å². The van der Waals surface area contributed by atoms with Crippen LogP contribution in [0.1, 0.15) is 25.0 Å². The minimum absolute atomic E-state index is 0.0169. The van der Waals surface area contributed by atoms with Crippen LogP contribution in [0.2, 0.25) is 5.02 Å². The summed E-state index contributed by atoms with van der Waals surface area (Å²) in [7, 11) is 0. The van der Waals surface area contributed by atoms with Crippen molar-refractivity contribution in [2.24, 2.45) is 10.5 Å². The number of ether oxygens (including phenoxy) is 1. The van der Waals surface area contributed by atoms with Gasteiger partial charge < -0.3 is 4.74 Å². The zero-order valence-electron chi connectivity index (χ0n) is 19.9. The molecule has 1 aliphatic rings. The summed E-state index contributed by atoms with van der Waals surface area (Å²) in [5, 5.41) is 5.62. The quantitative estimate of drug-likeness (QED) is 0.362. The molecule has 7 nitrogen and oxygen atoms in total. The Morgan fingerprint density at radius 1 is 1.03 bits per heavy atom. The van der Waals surface area contributed by atoms with Crippen LogP contribution in [0, 0.1) is 5.41 Å². The maximum Gasteiger partial charge on any atom is 0.472 e. The second-order valence-electron chi connectivity index (χ2n) is 8.41. The Morgan fingerprint density at radius 3 is 2.11 bits per heavy atom. The van der Waals surface area contributed by atoms with Gasteiger partial charge in [-0.1, -0.05) is 23.7 Å². The number of carbonyl (C=O) groups is 3. The van der Waals surface area contributed by atoms with Crippen molar-refractivity contribution in [3.8, 4) is 0 Å². The van der Waals surface area contributed by atoms with Crippen LogP contribution in [0.25, 0.3) is 0 Å². The number of anilines is 1. The first kappa shape index (κ1) is 29.0. The number of hydrogen-bond donors (Lipinski definition) is 0. The standard InChI is InChI=1S/C24H20ClF6N3O4/c1-3-38-21(37)22(2)13-33(32-19(22)14-4-8-16(25)9-5-14)12-18(35)34(20(36)24(29,30)31)17-10-6-15(7-11-17)23(26,27)28/h4-11H,3,12-13H2,1-2H3. The van der Waals surface area contributed by atoms with Crippen molar-refractivity contribution < 1.29 is 45.5 Å². The molecule has 14 heteroatoms. The fourth-order valence-corrected chi connectivity index (χ4v) is 3.91. The highest BCUT2D eigenvalue weighted by Crippen LogP contribution is 2.34. The number of nitrogens with zero attached hydrogens (tertiary/aromatic N) is 3. The van der Waals surface area contributed by atoms with E-state index >= 15 is 0 Å². The van der Waals surface area contributed by atoms with Gasteiger partial charge >= 0.3 is 24.2 Å². The van der Waals surface area contributed by atoms with Gasteiger partial charge in [-0.2, -0.15) is 31.4 Å². The molecule has 2 amide bonds. The molecule has 3 rings (SSSR count). The monoisotopic (exact) mass is 563 g/mol. The fourth-order valence-electron chi connectivity index (χ4n) is 3.78. The lowest BCUT2D eigenvalue weighted by Crippen LogP contribution is -2.49. The van der Waals surface area contributed by atoms with E-state index in [1.165, 1.54) is 19.1 Å². The third kappa shape index (κ3) is 6.09. The first-order valence-corrected chi connectivity index (χ1v) is 11.3. The smallest absolute Gasteiger partial charge is 0.465 e. The van der Waals surface area contributed by atoms with Crippen molar-refractivity contribution in [2.45, 2.75) is 26.2 Å². The fraction of sp³-hybridized carbons (Fsp3) is 0.333. The maximum atomic E-state index is 13.3. The van der Waals surface area contributed by atoms with Crippen LogP contribution < -0.4 is 4.90 Å². The summed E-state index contributed by atoms with van der Waals surface area (Å²) in [6.07, 6.45) is -10.3. The Labute approximate surface area is 217 Å². The van der Waals surface area contributed by atoms with Crippen LogP contribution in [0.4, 0.5) is 32.0 Å². The summed E-state index contributed by atoms with van der Waals surface area (Å²) in [6.45, 7) is 1.85. The van der Waals surface area contributed by atoms with Crippen LogP contribution in [0.3, 0.4) is 0 Å². The number of esters is 1. The van der Waals surface area contributed by atoms with Gasteiger partial charge in [0.1, 0.15) is 12.0 Å². The molecule has 204 valence electrons. The third-order valence-corrected chi connectivity index (χ3v) is 5.82. The van der Waals surface area contributed by atoms with E-state index < -0.39 is 53.3 Å². The van der Waals surface area contributed by atoms with Gasteiger partial charge in [-0.05, 0) is 55.8 Å². The number of rotatable bonds is 6. The number of hydrazone groups is 1. The average Bonchev–Trinajstić information content (AvgIpc) is 3.16. The normalized spacial score (nSPS) is 17.7. The summed E-state index contributed by atoms with van der Waals surface area (Å²) < 4.78 is 83.8. The molecular weight excluding hydrogens is 544 g/mol. The summed E-state index contributed by atoms with van der Waals surface area (Å²) in [5.41, 5.74) is -2.79. The molecule has 0 bridgehead atoms. The van der Waals surface area contributed by atoms with E-state index in [1.54, 1.807) is 19.1 Å². The first-order chi connectivity index (χ1) is 17.6. The van der Waals surface area contributed by atoms with Gasteiger partial charge in [0.15, 0.2) is 0 Å². The van der Waals surface area contributed by atoms with Crippen LogP contribution >= 0.6 is 11.6 Å². The molecule has 0 radical (unpaired) electrons. The highest BCUT2D eigenvalue weighted by molar-refractivity contribution is 6.30. The van der Waals surface area contributed by atoms with Crippen LogP contribution in [-0.4, -0.2) is 54.4 Å². The Balaban J connectivity index is 1.97. The highest BCUT2D eigenvalue weighted by atomic mass is 35.5. The molecule has 2 aromatic rings. The second-order valence-corrected chi connectivity index (χ2v) is 8.84. The van der Waals surface area contributed by atoms with Gasteiger partial charge in [0.2, 0.25) is 0 Å². The number of halogens is 7. The summed E-state index contributed by atoms with van der Waals surface area (Å²) in [6, 6.07) is 8.20. The summed E-state index contributed by atoms with van der Waals surface area (Å²) >= 11 is 5.92. The Bertz CT molecular complexity index is 1250. The van der Waals surface area contributed by atoms with Crippen molar-refractivity contribution in [3.63, 3.8) is 0 Å². The van der Waals surface area contributed by atoms with Gasteiger partial charge in [0, 0.05) is 5.02 Å². The van der Waals surface area contributed by atoms with E-state index in [0.717, 1.165) is 5.01 Å². The van der Waals surface area contributed by atoms with Crippen LogP contribution in [0.5, 0.6) is 0 Å². The van der Waals surface area contributed by atoms with Gasteiger partial charge in [-0.25, -0.2) is 4.90 Å². The average molecular weight is 564 g/mol. The first-order valence-electron chi connectivity index (χ1n) is 11.0. The van der Waals surface area contributed by atoms with E-state index in [9.17, 15) is 40.7 Å². The molecule has 0 saturated carbocycles. The molecule has 0 saturated heterocycles. The van der Waals surface area contributed by atoms with Crippen molar-refractivity contribution in [1.82, 2.24) is 5.01 Å². The van der Waals surface area contributed by atoms with Gasteiger partial charge in [-0.15, -0.1) is 0 Å².